The van der Waals surface area contributed by atoms with E-state index in [9.17, 15) is 4.79 Å². The van der Waals surface area contributed by atoms with Crippen LogP contribution < -0.4 is 5.32 Å². The first-order valence-electron chi connectivity index (χ1n) is 7.37. The summed E-state index contributed by atoms with van der Waals surface area (Å²) >= 11 is 3.05. The van der Waals surface area contributed by atoms with Crippen LogP contribution in [-0.4, -0.2) is 33.2 Å². The first-order valence-corrected chi connectivity index (χ1v) is 9.47. The fraction of sp³-hybridized carbons (Fsp3) is 0.312. The molecule has 2 heterocycles. The van der Waals surface area contributed by atoms with Gasteiger partial charge in [0, 0.05) is 25.4 Å². The van der Waals surface area contributed by atoms with Crippen molar-refractivity contribution < 1.29 is 4.79 Å². The van der Waals surface area contributed by atoms with E-state index < -0.39 is 0 Å². The summed E-state index contributed by atoms with van der Waals surface area (Å²) in [7, 11) is 2.03. The van der Waals surface area contributed by atoms with Crippen LogP contribution in [0.3, 0.4) is 0 Å². The highest BCUT2D eigenvalue weighted by atomic mass is 32.2. The van der Waals surface area contributed by atoms with Gasteiger partial charge in [0.2, 0.25) is 0 Å². The summed E-state index contributed by atoms with van der Waals surface area (Å²) in [5.41, 5.74) is 2.65. The van der Waals surface area contributed by atoms with Crippen molar-refractivity contribution in [3.8, 4) is 0 Å². The maximum absolute atomic E-state index is 12.0. The lowest BCUT2D eigenvalue weighted by Crippen LogP contribution is -2.25. The maximum Gasteiger partial charge on any atom is 0.270 e. The van der Waals surface area contributed by atoms with Gasteiger partial charge in [-0.2, -0.15) is 0 Å². The number of imidazole rings is 1. The molecule has 0 spiro atoms. The van der Waals surface area contributed by atoms with E-state index in [-0.39, 0.29) is 5.91 Å². The first-order chi connectivity index (χ1) is 11.2. The van der Waals surface area contributed by atoms with Gasteiger partial charge < -0.3 is 9.88 Å². The van der Waals surface area contributed by atoms with Crippen LogP contribution in [0.5, 0.6) is 0 Å². The largest absolute Gasteiger partial charge is 0.351 e. The SMILES string of the molecule is CSc1nc(C(=O)NCCCc2nc3ccccc3n2C)cs1. The summed E-state index contributed by atoms with van der Waals surface area (Å²) in [4.78, 5) is 20.9. The minimum absolute atomic E-state index is 0.105. The molecule has 2 aromatic heterocycles. The number of nitrogens with one attached hydrogen (secondary N) is 1. The van der Waals surface area contributed by atoms with Gasteiger partial charge >= 0.3 is 0 Å². The third kappa shape index (κ3) is 3.56. The molecule has 0 fully saturated rings. The highest BCUT2D eigenvalue weighted by Crippen LogP contribution is 2.19. The van der Waals surface area contributed by atoms with Crippen molar-refractivity contribution in [2.75, 3.05) is 12.8 Å². The van der Waals surface area contributed by atoms with E-state index in [0.29, 0.717) is 12.2 Å². The van der Waals surface area contributed by atoms with E-state index in [1.807, 2.05) is 31.5 Å². The molecule has 1 amide bonds. The summed E-state index contributed by atoms with van der Waals surface area (Å²) in [6, 6.07) is 8.10. The molecule has 0 radical (unpaired) electrons. The van der Waals surface area contributed by atoms with Crippen LogP contribution in [0.4, 0.5) is 0 Å². The molecule has 0 atom stereocenters. The minimum atomic E-state index is -0.105. The Labute approximate surface area is 143 Å². The number of hydrogen-bond acceptors (Lipinski definition) is 5. The molecule has 3 aromatic rings. The van der Waals surface area contributed by atoms with Crippen molar-refractivity contribution in [2.24, 2.45) is 7.05 Å². The third-order valence-electron chi connectivity index (χ3n) is 3.63. The molecule has 1 N–H and O–H groups in total. The number of carbonyl (C=O) groups is 1. The quantitative estimate of drug-likeness (QED) is 0.550. The van der Waals surface area contributed by atoms with Gasteiger partial charge in [0.25, 0.3) is 5.91 Å². The number of benzene rings is 1. The Morgan fingerprint density at radius 1 is 1.35 bits per heavy atom. The summed E-state index contributed by atoms with van der Waals surface area (Å²) in [6.45, 7) is 0.619. The van der Waals surface area contributed by atoms with Gasteiger partial charge in [-0.25, -0.2) is 9.97 Å². The zero-order chi connectivity index (χ0) is 16.2. The second-order valence-electron chi connectivity index (χ2n) is 5.14. The summed E-state index contributed by atoms with van der Waals surface area (Å²) < 4.78 is 3.03. The predicted octanol–water partition coefficient (Wildman–Crippen LogP) is 3.11. The average Bonchev–Trinajstić information content (AvgIpc) is 3.17. The van der Waals surface area contributed by atoms with Crippen LogP contribution >= 0.6 is 23.1 Å². The Balaban J connectivity index is 1.52. The van der Waals surface area contributed by atoms with Gasteiger partial charge in [0.05, 0.1) is 11.0 Å². The number of nitrogens with zero attached hydrogens (tertiary/aromatic N) is 3. The van der Waals surface area contributed by atoms with Crippen molar-refractivity contribution in [1.82, 2.24) is 19.9 Å². The number of rotatable bonds is 6. The number of thiazole rings is 1. The number of amides is 1. The van der Waals surface area contributed by atoms with Crippen molar-refractivity contribution in [1.29, 1.82) is 0 Å². The lowest BCUT2D eigenvalue weighted by molar-refractivity contribution is 0.0948. The molecule has 3 rings (SSSR count). The van der Waals surface area contributed by atoms with Crippen molar-refractivity contribution >= 4 is 40.0 Å². The van der Waals surface area contributed by atoms with Crippen LogP contribution in [0.15, 0.2) is 34.0 Å². The molecule has 1 aromatic carbocycles. The molecule has 0 unspecified atom stereocenters. The summed E-state index contributed by atoms with van der Waals surface area (Å²) in [6.07, 6.45) is 3.64. The van der Waals surface area contributed by atoms with Gasteiger partial charge in [0.1, 0.15) is 15.9 Å². The molecule has 120 valence electrons. The van der Waals surface area contributed by atoms with Crippen LogP contribution in [0.1, 0.15) is 22.7 Å². The second-order valence-corrected chi connectivity index (χ2v) is 7.05. The highest BCUT2D eigenvalue weighted by molar-refractivity contribution is 8.00. The fourth-order valence-electron chi connectivity index (χ4n) is 2.41. The molecule has 23 heavy (non-hydrogen) atoms. The van der Waals surface area contributed by atoms with Gasteiger partial charge in [0.15, 0.2) is 0 Å². The van der Waals surface area contributed by atoms with Gasteiger partial charge in [-0.05, 0) is 24.8 Å². The number of aryl methyl sites for hydroxylation is 2. The van der Waals surface area contributed by atoms with E-state index >= 15 is 0 Å². The van der Waals surface area contributed by atoms with Crippen molar-refractivity contribution in [2.45, 2.75) is 17.2 Å². The molecular formula is C16H18N4OS2. The molecule has 0 saturated carbocycles. The van der Waals surface area contributed by atoms with E-state index in [4.69, 9.17) is 0 Å². The smallest absolute Gasteiger partial charge is 0.270 e. The zero-order valence-electron chi connectivity index (χ0n) is 13.1. The Hall–Kier alpha value is -1.86. The van der Waals surface area contributed by atoms with Gasteiger partial charge in [-0.3, -0.25) is 4.79 Å². The Kier molecular flexibility index (Phi) is 4.97. The topological polar surface area (TPSA) is 59.8 Å². The van der Waals surface area contributed by atoms with Gasteiger partial charge in [-0.1, -0.05) is 23.9 Å². The van der Waals surface area contributed by atoms with E-state index in [1.54, 1.807) is 17.1 Å². The normalized spacial score (nSPS) is 11.0. The Bertz CT molecular complexity index is 824. The molecule has 0 saturated heterocycles. The molecule has 0 aliphatic carbocycles. The number of para-hydroxylation sites is 2. The Morgan fingerprint density at radius 3 is 2.91 bits per heavy atom. The van der Waals surface area contributed by atoms with Crippen molar-refractivity contribution in [3.05, 3.63) is 41.2 Å². The van der Waals surface area contributed by atoms with Crippen LogP contribution in [0.2, 0.25) is 0 Å². The lowest BCUT2D eigenvalue weighted by Gasteiger charge is -2.04. The highest BCUT2D eigenvalue weighted by Gasteiger charge is 2.10. The minimum Gasteiger partial charge on any atom is -0.351 e. The van der Waals surface area contributed by atoms with Crippen LogP contribution in [-0.2, 0) is 13.5 Å². The number of fused-ring (bicyclic) bond motifs is 1. The summed E-state index contributed by atoms with van der Waals surface area (Å²) in [5, 5.41) is 4.72. The molecule has 7 heteroatoms. The molecule has 0 aliphatic heterocycles. The number of aromatic nitrogens is 3. The van der Waals surface area contributed by atoms with Crippen LogP contribution in [0.25, 0.3) is 11.0 Å². The molecule has 5 nitrogen and oxygen atoms in total. The number of hydrogen-bond donors (Lipinski definition) is 1. The van der Waals surface area contributed by atoms with Gasteiger partial charge in [-0.15, -0.1) is 11.3 Å². The molecule has 0 bridgehead atoms. The number of carbonyl (C=O) groups excluding carboxylic acids is 1. The zero-order valence-corrected chi connectivity index (χ0v) is 14.7. The third-order valence-corrected chi connectivity index (χ3v) is 5.50. The molecular weight excluding hydrogens is 328 g/mol. The molecule has 0 aliphatic rings. The first kappa shape index (κ1) is 16.0. The monoisotopic (exact) mass is 346 g/mol. The van der Waals surface area contributed by atoms with E-state index in [2.05, 4.69) is 25.9 Å². The fourth-order valence-corrected chi connectivity index (χ4v) is 3.66. The second kappa shape index (κ2) is 7.14. The standard InChI is InChI=1S/C16H18N4OS2/c1-20-13-7-4-3-6-11(13)18-14(20)8-5-9-17-15(21)12-10-23-16(19-12)22-2/h3-4,6-7,10H,5,8-9H2,1-2H3,(H,17,21). The maximum atomic E-state index is 12.0. The van der Waals surface area contributed by atoms with Crippen molar-refractivity contribution in [3.63, 3.8) is 0 Å². The summed E-state index contributed by atoms with van der Waals surface area (Å²) in [5.74, 6) is 0.935. The Morgan fingerprint density at radius 2 is 2.17 bits per heavy atom. The number of thioether (sulfide) groups is 1. The lowest BCUT2D eigenvalue weighted by atomic mass is 10.3. The van der Waals surface area contributed by atoms with E-state index in [1.165, 1.54) is 11.3 Å². The predicted molar refractivity (Wildman–Crippen MR) is 95.3 cm³/mol. The average molecular weight is 346 g/mol. The van der Waals surface area contributed by atoms with E-state index in [0.717, 1.165) is 34.0 Å². The van der Waals surface area contributed by atoms with Crippen LogP contribution in [0, 0.1) is 0 Å².